The molecular weight excluding hydrogens is 446 g/mol. The quantitative estimate of drug-likeness (QED) is 0.383. The molecule has 6 heteroatoms. The Labute approximate surface area is 214 Å². The Bertz CT molecular complexity index is 1180. The van der Waals surface area contributed by atoms with Crippen molar-refractivity contribution in [2.24, 2.45) is 0 Å². The van der Waals surface area contributed by atoms with Crippen molar-refractivity contribution in [2.45, 2.75) is 52.0 Å². The molecule has 0 unspecified atom stereocenters. The number of aromatic nitrogens is 2. The molecule has 0 spiro atoms. The van der Waals surface area contributed by atoms with Crippen LogP contribution in [0.5, 0.6) is 0 Å². The van der Waals surface area contributed by atoms with E-state index in [-0.39, 0.29) is 11.3 Å². The Morgan fingerprint density at radius 2 is 1.83 bits per heavy atom. The van der Waals surface area contributed by atoms with Crippen molar-refractivity contribution in [3.05, 3.63) is 89.4 Å². The van der Waals surface area contributed by atoms with Crippen LogP contribution in [-0.4, -0.2) is 40.4 Å². The van der Waals surface area contributed by atoms with Crippen molar-refractivity contribution in [3.63, 3.8) is 0 Å². The molecule has 6 nitrogen and oxygen atoms in total. The minimum Gasteiger partial charge on any atom is -0.365 e. The Morgan fingerprint density at radius 1 is 1.06 bits per heavy atom. The second-order valence-electron chi connectivity index (χ2n) is 10.4. The fourth-order valence-corrected chi connectivity index (χ4v) is 4.55. The average molecular weight is 484 g/mol. The number of pyridine rings is 2. The first-order valence-electron chi connectivity index (χ1n) is 12.8. The zero-order valence-electron chi connectivity index (χ0n) is 21.6. The smallest absolute Gasteiger partial charge is 0.259 e. The molecule has 1 aliphatic rings. The van der Waals surface area contributed by atoms with Crippen LogP contribution in [0.15, 0.2) is 67.1 Å². The van der Waals surface area contributed by atoms with E-state index in [0.29, 0.717) is 17.9 Å². The molecule has 1 aromatic carbocycles. The molecule has 0 radical (unpaired) electrons. The zero-order chi connectivity index (χ0) is 25.4. The molecular formula is C30H37N5O. The van der Waals surface area contributed by atoms with Gasteiger partial charge in [-0.1, -0.05) is 39.0 Å². The van der Waals surface area contributed by atoms with Gasteiger partial charge in [-0.3, -0.25) is 9.78 Å². The second-order valence-corrected chi connectivity index (χ2v) is 10.4. The maximum atomic E-state index is 13.2. The van der Waals surface area contributed by atoms with Gasteiger partial charge in [-0.05, 0) is 90.9 Å². The van der Waals surface area contributed by atoms with Gasteiger partial charge in [0.15, 0.2) is 0 Å². The maximum absolute atomic E-state index is 13.2. The minimum absolute atomic E-state index is 0.00453. The molecule has 1 aliphatic heterocycles. The SMILES string of the molecule is CC(C)(C)c1ccc(NC(=O)c2cccnc2NCc2ccncc2)cc1C=CCCN1CCCC1. The first-order valence-corrected chi connectivity index (χ1v) is 12.8. The van der Waals surface area contributed by atoms with Crippen molar-refractivity contribution >= 4 is 23.5 Å². The predicted molar refractivity (Wildman–Crippen MR) is 148 cm³/mol. The van der Waals surface area contributed by atoms with E-state index >= 15 is 0 Å². The van der Waals surface area contributed by atoms with Gasteiger partial charge in [0, 0.05) is 37.4 Å². The number of nitrogens with zero attached hydrogens (tertiary/aromatic N) is 3. The highest BCUT2D eigenvalue weighted by Gasteiger charge is 2.19. The predicted octanol–water partition coefficient (Wildman–Crippen LogP) is 6.14. The van der Waals surface area contributed by atoms with E-state index in [1.165, 1.54) is 31.5 Å². The highest BCUT2D eigenvalue weighted by molar-refractivity contribution is 6.07. The number of benzene rings is 1. The Balaban J connectivity index is 1.47. The summed E-state index contributed by atoms with van der Waals surface area (Å²) < 4.78 is 0. The lowest BCUT2D eigenvalue weighted by molar-refractivity contribution is 0.102. The fraction of sp³-hybridized carbons (Fsp3) is 0.367. The first kappa shape index (κ1) is 25.6. The van der Waals surface area contributed by atoms with E-state index < -0.39 is 0 Å². The first-order chi connectivity index (χ1) is 17.4. The molecule has 2 N–H and O–H groups in total. The van der Waals surface area contributed by atoms with Crippen LogP contribution in [0, 0.1) is 0 Å². The third-order valence-corrected chi connectivity index (χ3v) is 6.49. The molecule has 1 fully saturated rings. The Hall–Kier alpha value is -3.51. The molecule has 1 amide bonds. The third-order valence-electron chi connectivity index (χ3n) is 6.49. The molecule has 1 saturated heterocycles. The summed E-state index contributed by atoms with van der Waals surface area (Å²) in [6.07, 6.45) is 13.3. The molecule has 2 aromatic heterocycles. The summed E-state index contributed by atoms with van der Waals surface area (Å²) >= 11 is 0. The summed E-state index contributed by atoms with van der Waals surface area (Å²) in [7, 11) is 0. The summed E-state index contributed by atoms with van der Waals surface area (Å²) in [6.45, 7) is 10.8. The van der Waals surface area contributed by atoms with Gasteiger partial charge in [-0.2, -0.15) is 0 Å². The third kappa shape index (κ3) is 7.01. The molecule has 0 aliphatic carbocycles. The summed E-state index contributed by atoms with van der Waals surface area (Å²) in [5, 5.41) is 6.36. The van der Waals surface area contributed by atoms with E-state index in [1.54, 1.807) is 30.7 Å². The summed E-state index contributed by atoms with van der Waals surface area (Å²) in [5.41, 5.74) is 4.76. The minimum atomic E-state index is -0.187. The number of hydrogen-bond acceptors (Lipinski definition) is 5. The van der Waals surface area contributed by atoms with Crippen molar-refractivity contribution in [1.29, 1.82) is 0 Å². The number of carbonyl (C=O) groups is 1. The van der Waals surface area contributed by atoms with Crippen molar-refractivity contribution in [1.82, 2.24) is 14.9 Å². The van der Waals surface area contributed by atoms with Crippen LogP contribution in [-0.2, 0) is 12.0 Å². The van der Waals surface area contributed by atoms with Gasteiger partial charge < -0.3 is 15.5 Å². The highest BCUT2D eigenvalue weighted by Crippen LogP contribution is 2.29. The lowest BCUT2D eigenvalue weighted by Gasteiger charge is -2.23. The maximum Gasteiger partial charge on any atom is 0.259 e. The Kier molecular flexibility index (Phi) is 8.49. The largest absolute Gasteiger partial charge is 0.365 e. The fourth-order valence-electron chi connectivity index (χ4n) is 4.55. The number of rotatable bonds is 9. The van der Waals surface area contributed by atoms with Gasteiger partial charge in [0.2, 0.25) is 0 Å². The van der Waals surface area contributed by atoms with Gasteiger partial charge >= 0.3 is 0 Å². The van der Waals surface area contributed by atoms with E-state index in [0.717, 1.165) is 29.8 Å². The van der Waals surface area contributed by atoms with Crippen LogP contribution < -0.4 is 10.6 Å². The standard InChI is InChI=1S/C30H37N5O/c1-30(2,3)27-12-11-25(21-24(27)9-4-5-18-35-19-6-7-20-35)34-29(36)26-10-8-15-32-28(26)33-22-23-13-16-31-17-14-23/h4,8-17,21H,5-7,18-20,22H2,1-3H3,(H,32,33)(H,34,36). The normalized spacial score (nSPS) is 14.3. The van der Waals surface area contributed by atoms with Crippen LogP contribution in [0.25, 0.3) is 6.08 Å². The van der Waals surface area contributed by atoms with Crippen molar-refractivity contribution in [2.75, 3.05) is 30.3 Å². The van der Waals surface area contributed by atoms with E-state index in [1.807, 2.05) is 18.2 Å². The molecule has 4 rings (SSSR count). The van der Waals surface area contributed by atoms with Gasteiger partial charge in [-0.15, -0.1) is 0 Å². The van der Waals surface area contributed by atoms with E-state index in [4.69, 9.17) is 0 Å². The van der Waals surface area contributed by atoms with Gasteiger partial charge in [0.05, 0.1) is 5.56 Å². The van der Waals surface area contributed by atoms with Crippen molar-refractivity contribution < 1.29 is 4.79 Å². The molecule has 188 valence electrons. The van der Waals surface area contributed by atoms with Crippen molar-refractivity contribution in [3.8, 4) is 0 Å². The molecule has 0 atom stereocenters. The van der Waals surface area contributed by atoms with E-state index in [9.17, 15) is 4.79 Å². The van der Waals surface area contributed by atoms with Crippen LogP contribution >= 0.6 is 0 Å². The number of nitrogens with one attached hydrogen (secondary N) is 2. The highest BCUT2D eigenvalue weighted by atomic mass is 16.1. The number of carbonyl (C=O) groups excluding carboxylic acids is 1. The van der Waals surface area contributed by atoms with Gasteiger partial charge in [-0.25, -0.2) is 4.98 Å². The van der Waals surface area contributed by atoms with Gasteiger partial charge in [0.1, 0.15) is 5.82 Å². The number of anilines is 2. The van der Waals surface area contributed by atoms with Crippen LogP contribution in [0.1, 0.15) is 67.1 Å². The lowest BCUT2D eigenvalue weighted by Crippen LogP contribution is -2.19. The van der Waals surface area contributed by atoms with Crippen LogP contribution in [0.2, 0.25) is 0 Å². The second kappa shape index (κ2) is 12.0. The molecule has 0 bridgehead atoms. The molecule has 3 heterocycles. The van der Waals surface area contributed by atoms with Crippen LogP contribution in [0.4, 0.5) is 11.5 Å². The van der Waals surface area contributed by atoms with E-state index in [2.05, 4.69) is 70.6 Å². The molecule has 36 heavy (non-hydrogen) atoms. The number of likely N-dealkylation sites (tertiary alicyclic amines) is 1. The monoisotopic (exact) mass is 483 g/mol. The number of amides is 1. The Morgan fingerprint density at radius 3 is 2.58 bits per heavy atom. The zero-order valence-corrected chi connectivity index (χ0v) is 21.6. The topological polar surface area (TPSA) is 70.1 Å². The number of hydrogen-bond donors (Lipinski definition) is 2. The molecule has 3 aromatic rings. The lowest BCUT2D eigenvalue weighted by atomic mass is 9.83. The van der Waals surface area contributed by atoms with Gasteiger partial charge in [0.25, 0.3) is 5.91 Å². The van der Waals surface area contributed by atoms with Crippen LogP contribution in [0.3, 0.4) is 0 Å². The summed E-state index contributed by atoms with van der Waals surface area (Å²) in [6, 6.07) is 13.6. The average Bonchev–Trinajstić information content (AvgIpc) is 3.39. The summed E-state index contributed by atoms with van der Waals surface area (Å²) in [5.74, 6) is 0.368. The summed E-state index contributed by atoms with van der Waals surface area (Å²) in [4.78, 5) is 24.2. The molecule has 0 saturated carbocycles.